The lowest BCUT2D eigenvalue weighted by Crippen LogP contribution is -2.39. The highest BCUT2D eigenvalue weighted by Gasteiger charge is 2.31. The van der Waals surface area contributed by atoms with Crippen molar-refractivity contribution < 1.29 is 22.8 Å². The number of alkyl halides is 3. The lowest BCUT2D eigenvalue weighted by molar-refractivity contribution is -0.140. The maximum absolute atomic E-state index is 12.7. The van der Waals surface area contributed by atoms with Crippen molar-refractivity contribution in [1.82, 2.24) is 5.48 Å². The van der Waals surface area contributed by atoms with Gasteiger partial charge in [-0.15, -0.1) is 0 Å². The van der Waals surface area contributed by atoms with Gasteiger partial charge in [-0.2, -0.15) is 13.2 Å². The van der Waals surface area contributed by atoms with Gasteiger partial charge in [-0.1, -0.05) is 42.5 Å². The van der Waals surface area contributed by atoms with Gasteiger partial charge < -0.3 is 0 Å². The Morgan fingerprint density at radius 1 is 1.00 bits per heavy atom. The Morgan fingerprint density at radius 2 is 1.62 bits per heavy atom. The first-order valence-corrected chi connectivity index (χ1v) is 7.35. The third-order valence-corrected chi connectivity index (χ3v) is 3.72. The van der Waals surface area contributed by atoms with Crippen LogP contribution in [0.2, 0.25) is 0 Å². The van der Waals surface area contributed by atoms with Crippen LogP contribution < -0.4 is 5.48 Å². The van der Waals surface area contributed by atoms with Crippen LogP contribution in [0, 0.1) is 0 Å². The molecule has 128 valence electrons. The highest BCUT2D eigenvalue weighted by molar-refractivity contribution is 5.86. The van der Waals surface area contributed by atoms with Crippen LogP contribution in [0.4, 0.5) is 13.2 Å². The normalized spacial score (nSPS) is 12.0. The molecule has 0 unspecified atom stereocenters. The molecular weight excluding hydrogens is 319 g/mol. The topological polar surface area (TPSA) is 38.3 Å². The molecule has 2 aromatic rings. The van der Waals surface area contributed by atoms with Gasteiger partial charge in [0.2, 0.25) is 0 Å². The van der Waals surface area contributed by atoms with Gasteiger partial charge in [-0.3, -0.25) is 9.63 Å². The maximum atomic E-state index is 12.7. The molecule has 0 aliphatic rings. The smallest absolute Gasteiger partial charge is 0.272 e. The standard InChI is InChI=1S/C18H18F3NO2/c1-17(2,14-8-4-3-5-9-14)16(23)22-24-12-13-7-6-10-15(11-13)18(19,20)21/h3-11H,12H2,1-2H3,(H,22,23). The molecule has 0 aliphatic heterocycles. The van der Waals surface area contributed by atoms with Gasteiger partial charge in [0, 0.05) is 0 Å². The van der Waals surface area contributed by atoms with Crippen LogP contribution in [0.1, 0.15) is 30.5 Å². The van der Waals surface area contributed by atoms with Crippen molar-refractivity contribution in [2.75, 3.05) is 0 Å². The quantitative estimate of drug-likeness (QED) is 0.829. The summed E-state index contributed by atoms with van der Waals surface area (Å²) in [6.45, 7) is 3.33. The van der Waals surface area contributed by atoms with Crippen LogP contribution >= 0.6 is 0 Å². The Kier molecular flexibility index (Phi) is 5.29. The van der Waals surface area contributed by atoms with Gasteiger partial charge in [0.25, 0.3) is 5.91 Å². The minimum atomic E-state index is -4.41. The summed E-state index contributed by atoms with van der Waals surface area (Å²) >= 11 is 0. The van der Waals surface area contributed by atoms with Crippen LogP contribution in [0.5, 0.6) is 0 Å². The molecule has 0 heterocycles. The molecule has 2 rings (SSSR count). The zero-order valence-corrected chi connectivity index (χ0v) is 13.4. The summed E-state index contributed by atoms with van der Waals surface area (Å²) in [5.41, 5.74) is 1.87. The Hall–Kier alpha value is -2.34. The molecule has 6 heteroatoms. The van der Waals surface area contributed by atoms with Crippen molar-refractivity contribution in [3.63, 3.8) is 0 Å². The highest BCUT2D eigenvalue weighted by atomic mass is 19.4. The fourth-order valence-corrected chi connectivity index (χ4v) is 2.14. The average Bonchev–Trinajstić information content (AvgIpc) is 2.55. The van der Waals surface area contributed by atoms with Crippen LogP contribution in [0.3, 0.4) is 0 Å². The van der Waals surface area contributed by atoms with Crippen molar-refractivity contribution in [2.24, 2.45) is 0 Å². The second-order valence-corrected chi connectivity index (χ2v) is 5.91. The Morgan fingerprint density at radius 3 is 2.25 bits per heavy atom. The van der Waals surface area contributed by atoms with Gasteiger partial charge in [0.05, 0.1) is 17.6 Å². The van der Waals surface area contributed by atoms with E-state index < -0.39 is 17.2 Å². The number of benzene rings is 2. The highest BCUT2D eigenvalue weighted by Crippen LogP contribution is 2.29. The summed E-state index contributed by atoms with van der Waals surface area (Å²) in [4.78, 5) is 17.4. The molecule has 0 aliphatic carbocycles. The summed E-state index contributed by atoms with van der Waals surface area (Å²) in [6.07, 6.45) is -4.41. The van der Waals surface area contributed by atoms with E-state index in [2.05, 4.69) is 5.48 Å². The average molecular weight is 337 g/mol. The van der Waals surface area contributed by atoms with Crippen molar-refractivity contribution in [1.29, 1.82) is 0 Å². The molecule has 0 radical (unpaired) electrons. The monoisotopic (exact) mass is 337 g/mol. The fourth-order valence-electron chi connectivity index (χ4n) is 2.14. The molecule has 0 fully saturated rings. The largest absolute Gasteiger partial charge is 0.416 e. The number of hydrogen-bond acceptors (Lipinski definition) is 2. The van der Waals surface area contributed by atoms with Gasteiger partial charge in [0.15, 0.2) is 0 Å². The van der Waals surface area contributed by atoms with E-state index in [1.807, 2.05) is 30.3 Å². The first-order valence-electron chi connectivity index (χ1n) is 7.35. The molecule has 0 atom stereocenters. The van der Waals surface area contributed by atoms with Crippen LogP contribution in [0.15, 0.2) is 54.6 Å². The van der Waals surface area contributed by atoms with E-state index in [4.69, 9.17) is 4.84 Å². The van der Waals surface area contributed by atoms with E-state index in [0.717, 1.165) is 17.7 Å². The number of carbonyl (C=O) groups is 1. The predicted octanol–water partition coefficient (Wildman–Crippen LogP) is 4.23. The first kappa shape index (κ1) is 18.0. The van der Waals surface area contributed by atoms with E-state index in [0.29, 0.717) is 5.56 Å². The van der Waals surface area contributed by atoms with Crippen LogP contribution in [0.25, 0.3) is 0 Å². The zero-order chi connectivity index (χ0) is 17.8. The van der Waals surface area contributed by atoms with E-state index >= 15 is 0 Å². The second-order valence-electron chi connectivity index (χ2n) is 5.91. The van der Waals surface area contributed by atoms with E-state index in [1.54, 1.807) is 13.8 Å². The first-order chi connectivity index (χ1) is 11.2. The number of amides is 1. The third kappa shape index (κ3) is 4.35. The number of halogens is 3. The molecule has 0 aromatic heterocycles. The van der Waals surface area contributed by atoms with Gasteiger partial charge in [0.1, 0.15) is 0 Å². The molecule has 1 amide bonds. The Balaban J connectivity index is 1.96. The van der Waals surface area contributed by atoms with Gasteiger partial charge >= 0.3 is 6.18 Å². The van der Waals surface area contributed by atoms with E-state index in [-0.39, 0.29) is 12.5 Å². The number of rotatable bonds is 5. The predicted molar refractivity (Wildman–Crippen MR) is 83.8 cm³/mol. The van der Waals surface area contributed by atoms with Gasteiger partial charge in [-0.25, -0.2) is 5.48 Å². The molecular formula is C18H18F3NO2. The minimum absolute atomic E-state index is 0.152. The van der Waals surface area contributed by atoms with E-state index in [9.17, 15) is 18.0 Å². The third-order valence-electron chi connectivity index (χ3n) is 3.72. The van der Waals surface area contributed by atoms with Crippen LogP contribution in [-0.4, -0.2) is 5.91 Å². The minimum Gasteiger partial charge on any atom is -0.272 e. The summed E-state index contributed by atoms with van der Waals surface area (Å²) in [6, 6.07) is 13.9. The fraction of sp³-hybridized carbons (Fsp3) is 0.278. The maximum Gasteiger partial charge on any atom is 0.416 e. The molecule has 3 nitrogen and oxygen atoms in total. The van der Waals surface area contributed by atoms with Crippen LogP contribution in [-0.2, 0) is 27.8 Å². The molecule has 24 heavy (non-hydrogen) atoms. The molecule has 1 N–H and O–H groups in total. The van der Waals surface area contributed by atoms with Crippen molar-refractivity contribution in [3.05, 3.63) is 71.3 Å². The number of hydroxylamine groups is 1. The lowest BCUT2D eigenvalue weighted by Gasteiger charge is -2.23. The van der Waals surface area contributed by atoms with Crippen molar-refractivity contribution in [3.8, 4) is 0 Å². The Bertz CT molecular complexity index is 697. The lowest BCUT2D eigenvalue weighted by atomic mass is 9.84. The van der Waals surface area contributed by atoms with E-state index in [1.165, 1.54) is 12.1 Å². The molecule has 0 saturated carbocycles. The SMILES string of the molecule is CC(C)(C(=O)NOCc1cccc(C(F)(F)F)c1)c1ccccc1. The summed E-state index contributed by atoms with van der Waals surface area (Å²) < 4.78 is 38.0. The summed E-state index contributed by atoms with van der Waals surface area (Å²) in [5.74, 6) is -0.374. The Labute approximate surface area is 138 Å². The molecule has 0 spiro atoms. The summed E-state index contributed by atoms with van der Waals surface area (Å²) in [7, 11) is 0. The molecule has 2 aromatic carbocycles. The number of carbonyl (C=O) groups excluding carboxylic acids is 1. The zero-order valence-electron chi connectivity index (χ0n) is 13.4. The molecule has 0 bridgehead atoms. The second kappa shape index (κ2) is 7.05. The van der Waals surface area contributed by atoms with Crippen molar-refractivity contribution >= 4 is 5.91 Å². The number of hydrogen-bond donors (Lipinski definition) is 1. The number of nitrogens with one attached hydrogen (secondary N) is 1. The summed E-state index contributed by atoms with van der Waals surface area (Å²) in [5, 5.41) is 0. The van der Waals surface area contributed by atoms with Crippen molar-refractivity contribution in [2.45, 2.75) is 32.0 Å². The van der Waals surface area contributed by atoms with Gasteiger partial charge in [-0.05, 0) is 37.1 Å². The molecule has 0 saturated heterocycles.